The van der Waals surface area contributed by atoms with Crippen molar-refractivity contribution in [1.82, 2.24) is 20.4 Å². The van der Waals surface area contributed by atoms with Gasteiger partial charge in [-0.15, -0.1) is 20.4 Å². The molecule has 2 heterocycles. The topological polar surface area (TPSA) is 110 Å². The zero-order valence-electron chi connectivity index (χ0n) is 14.3. The van der Waals surface area contributed by atoms with Crippen molar-refractivity contribution in [2.75, 3.05) is 22.1 Å². The highest BCUT2D eigenvalue weighted by Crippen LogP contribution is 2.27. The van der Waals surface area contributed by atoms with Gasteiger partial charge in [-0.3, -0.25) is 20.2 Å². The van der Waals surface area contributed by atoms with Crippen LogP contribution in [0.2, 0.25) is 0 Å². The Morgan fingerprint density at radius 2 is 1.57 bits per heavy atom. The molecule has 3 rings (SSSR count). The molecule has 2 N–H and O–H groups in total. The van der Waals surface area contributed by atoms with Crippen LogP contribution >= 0.6 is 62.1 Å². The molecule has 2 amide bonds. The first-order valence-corrected chi connectivity index (χ1v) is 12.2. The van der Waals surface area contributed by atoms with Crippen molar-refractivity contribution in [1.29, 1.82) is 0 Å². The van der Waals surface area contributed by atoms with E-state index in [-0.39, 0.29) is 17.6 Å². The van der Waals surface area contributed by atoms with E-state index in [9.17, 15) is 9.59 Å². The number of anilines is 2. The third kappa shape index (κ3) is 6.24. The summed E-state index contributed by atoms with van der Waals surface area (Å²) in [5.74, 6) is 0.584. The molecule has 0 saturated heterocycles. The molecule has 0 radical (unpaired) electrons. The number of hydrogen-bond donors (Lipinski definition) is 2. The summed E-state index contributed by atoms with van der Waals surface area (Å²) >= 11 is 8.69. The molecular formula is C15H13BrN6O2S4. The van der Waals surface area contributed by atoms with E-state index >= 15 is 0 Å². The van der Waals surface area contributed by atoms with Crippen LogP contribution in [0, 0.1) is 0 Å². The fourth-order valence-electron chi connectivity index (χ4n) is 1.81. The number of benzene rings is 1. The third-order valence-electron chi connectivity index (χ3n) is 2.98. The van der Waals surface area contributed by atoms with Crippen molar-refractivity contribution in [3.8, 4) is 0 Å². The highest BCUT2D eigenvalue weighted by atomic mass is 79.9. The predicted octanol–water partition coefficient (Wildman–Crippen LogP) is 4.25. The lowest BCUT2D eigenvalue weighted by molar-refractivity contribution is -0.113. The monoisotopic (exact) mass is 516 g/mol. The molecule has 0 fully saturated rings. The Bertz CT molecular complexity index is 962. The average molecular weight is 517 g/mol. The van der Waals surface area contributed by atoms with E-state index in [2.05, 4.69) is 47.0 Å². The quantitative estimate of drug-likeness (QED) is 0.337. The zero-order chi connectivity index (χ0) is 19.9. The largest absolute Gasteiger partial charge is 0.300 e. The zero-order valence-corrected chi connectivity index (χ0v) is 19.2. The number of carbonyl (C=O) groups excluding carboxylic acids is 2. The predicted molar refractivity (Wildman–Crippen MR) is 118 cm³/mol. The highest BCUT2D eigenvalue weighted by Gasteiger charge is 2.13. The summed E-state index contributed by atoms with van der Waals surface area (Å²) in [6, 6.07) is 6.99. The molecule has 0 aliphatic rings. The molecule has 13 heteroatoms. The first-order chi connectivity index (χ1) is 13.5. The van der Waals surface area contributed by atoms with E-state index in [1.54, 1.807) is 36.0 Å². The van der Waals surface area contributed by atoms with E-state index < -0.39 is 0 Å². The minimum absolute atomic E-state index is 0.158. The van der Waals surface area contributed by atoms with Crippen LogP contribution in [0.15, 0.2) is 37.4 Å². The van der Waals surface area contributed by atoms with Crippen molar-refractivity contribution in [2.45, 2.75) is 15.6 Å². The van der Waals surface area contributed by atoms with Gasteiger partial charge in [0.25, 0.3) is 5.91 Å². The Morgan fingerprint density at radius 1 is 0.964 bits per heavy atom. The van der Waals surface area contributed by atoms with Crippen LogP contribution in [0.25, 0.3) is 0 Å². The molecule has 0 atom stereocenters. The van der Waals surface area contributed by atoms with Crippen molar-refractivity contribution >= 4 is 84.2 Å². The standard InChI is InChI=1S/C15H13BrN6O2S4/c1-2-25-14-21-19-12(27-14)17-10(23)7-26-15-22-20-13(28-15)18-11(24)8-3-5-9(16)6-4-8/h3-6H,2,7H2,1H3,(H,17,19,23)(H,18,20,24). The highest BCUT2D eigenvalue weighted by molar-refractivity contribution is 9.10. The number of aromatic nitrogens is 4. The number of halogens is 1. The van der Waals surface area contributed by atoms with Gasteiger partial charge in [0.1, 0.15) is 0 Å². The number of nitrogens with zero attached hydrogens (tertiary/aromatic N) is 4. The molecular weight excluding hydrogens is 504 g/mol. The first-order valence-electron chi connectivity index (χ1n) is 7.83. The number of rotatable bonds is 8. The molecule has 0 saturated carbocycles. The molecule has 0 bridgehead atoms. The summed E-state index contributed by atoms with van der Waals surface area (Å²) in [6.45, 7) is 2.03. The molecule has 0 spiro atoms. The molecule has 0 aliphatic carbocycles. The van der Waals surface area contributed by atoms with Crippen LogP contribution in [0.4, 0.5) is 10.3 Å². The lowest BCUT2D eigenvalue weighted by Gasteiger charge is -2.00. The van der Waals surface area contributed by atoms with Gasteiger partial charge in [0.05, 0.1) is 5.75 Å². The maximum atomic E-state index is 12.2. The van der Waals surface area contributed by atoms with Gasteiger partial charge in [-0.1, -0.05) is 69.1 Å². The van der Waals surface area contributed by atoms with Crippen molar-refractivity contribution in [3.63, 3.8) is 0 Å². The van der Waals surface area contributed by atoms with Crippen LogP contribution in [-0.2, 0) is 4.79 Å². The second kappa shape index (κ2) is 10.3. The third-order valence-corrected chi connectivity index (χ3v) is 7.34. The smallest absolute Gasteiger partial charge is 0.257 e. The van der Waals surface area contributed by atoms with Crippen LogP contribution < -0.4 is 10.6 Å². The van der Waals surface area contributed by atoms with E-state index in [0.717, 1.165) is 14.6 Å². The summed E-state index contributed by atoms with van der Waals surface area (Å²) in [7, 11) is 0. The summed E-state index contributed by atoms with van der Waals surface area (Å²) < 4.78 is 2.30. The van der Waals surface area contributed by atoms with Crippen LogP contribution in [-0.4, -0.2) is 43.7 Å². The maximum Gasteiger partial charge on any atom is 0.257 e. The first kappa shape index (κ1) is 21.2. The second-order valence-corrected chi connectivity index (χ2v) is 10.6. The average Bonchev–Trinajstić information content (AvgIpc) is 3.30. The molecule has 3 aromatic rings. The second-order valence-electron chi connectivity index (χ2n) is 4.98. The summed E-state index contributed by atoms with van der Waals surface area (Å²) in [5.41, 5.74) is 0.518. The molecule has 0 aliphatic heterocycles. The van der Waals surface area contributed by atoms with Gasteiger partial charge in [-0.05, 0) is 30.0 Å². The van der Waals surface area contributed by atoms with Crippen molar-refractivity contribution in [3.05, 3.63) is 34.3 Å². The molecule has 2 aromatic heterocycles. The van der Waals surface area contributed by atoms with Crippen LogP contribution in [0.1, 0.15) is 17.3 Å². The SMILES string of the molecule is CCSc1nnc(NC(=O)CSc2nnc(NC(=O)c3ccc(Br)cc3)s2)s1. The van der Waals surface area contributed by atoms with Gasteiger partial charge in [0.15, 0.2) is 8.68 Å². The Kier molecular flexibility index (Phi) is 7.79. The van der Waals surface area contributed by atoms with Gasteiger partial charge in [0.2, 0.25) is 16.2 Å². The molecule has 8 nitrogen and oxygen atoms in total. The van der Waals surface area contributed by atoms with E-state index in [4.69, 9.17) is 0 Å². The fraction of sp³-hybridized carbons (Fsp3) is 0.200. The van der Waals surface area contributed by atoms with Crippen LogP contribution in [0.5, 0.6) is 0 Å². The minimum atomic E-state index is -0.269. The molecule has 28 heavy (non-hydrogen) atoms. The van der Waals surface area contributed by atoms with Gasteiger partial charge in [-0.25, -0.2) is 0 Å². The van der Waals surface area contributed by atoms with Crippen LogP contribution in [0.3, 0.4) is 0 Å². The number of nitrogens with one attached hydrogen (secondary N) is 2. The lowest BCUT2D eigenvalue weighted by atomic mass is 10.2. The Hall–Kier alpha value is -1.54. The van der Waals surface area contributed by atoms with E-state index in [0.29, 0.717) is 20.2 Å². The summed E-state index contributed by atoms with van der Waals surface area (Å²) in [5, 5.41) is 22.1. The molecule has 0 unspecified atom stereocenters. The maximum absolute atomic E-state index is 12.2. The van der Waals surface area contributed by atoms with Crippen molar-refractivity contribution < 1.29 is 9.59 Å². The normalized spacial score (nSPS) is 10.6. The van der Waals surface area contributed by atoms with E-state index in [1.165, 1.54) is 34.4 Å². The number of carbonyl (C=O) groups is 2. The lowest BCUT2D eigenvalue weighted by Crippen LogP contribution is -2.13. The Morgan fingerprint density at radius 3 is 2.21 bits per heavy atom. The van der Waals surface area contributed by atoms with Gasteiger partial charge in [-0.2, -0.15) is 0 Å². The summed E-state index contributed by atoms with van der Waals surface area (Å²) in [6.07, 6.45) is 0. The number of amides is 2. The number of thioether (sulfide) groups is 2. The Balaban J connectivity index is 1.48. The summed E-state index contributed by atoms with van der Waals surface area (Å²) in [4.78, 5) is 24.2. The number of hydrogen-bond acceptors (Lipinski definition) is 10. The van der Waals surface area contributed by atoms with E-state index in [1.807, 2.05) is 6.92 Å². The fourth-order valence-corrected chi connectivity index (χ4v) is 5.29. The molecule has 1 aromatic carbocycles. The van der Waals surface area contributed by atoms with Gasteiger partial charge < -0.3 is 0 Å². The minimum Gasteiger partial charge on any atom is -0.300 e. The van der Waals surface area contributed by atoms with Gasteiger partial charge in [0, 0.05) is 10.0 Å². The Labute approximate surface area is 185 Å². The molecule has 146 valence electrons. The van der Waals surface area contributed by atoms with Crippen molar-refractivity contribution in [2.24, 2.45) is 0 Å². The van der Waals surface area contributed by atoms with Gasteiger partial charge >= 0.3 is 0 Å².